The number of rotatable bonds is 10. The molecule has 0 N–H and O–H groups in total. The summed E-state index contributed by atoms with van der Waals surface area (Å²) in [4.78, 5) is 15.3. The molecule has 10 aromatic carbocycles. The van der Waals surface area contributed by atoms with Crippen LogP contribution in [-0.4, -0.2) is 9.97 Å². The smallest absolute Gasteiger partial charge is 0.192 e. The molecule has 0 aliphatic heterocycles. The fraction of sp³-hybridized carbons (Fsp3) is 0.0462. The Kier molecular flexibility index (Phi) is 10.1. The molecule has 0 saturated carbocycles. The van der Waals surface area contributed by atoms with Crippen LogP contribution in [-0.2, 0) is 5.41 Å². The molecule has 0 saturated heterocycles. The van der Waals surface area contributed by atoms with Crippen molar-refractivity contribution < 1.29 is 8.83 Å². The molecule has 0 fully saturated rings. The normalized spacial score (nSPS) is 12.5. The predicted octanol–water partition coefficient (Wildman–Crippen LogP) is 17.2. The van der Waals surface area contributed by atoms with Crippen LogP contribution < -0.4 is 9.80 Å². The molecule has 12 aromatic rings. The van der Waals surface area contributed by atoms with E-state index in [1.165, 1.54) is 0 Å². The van der Waals surface area contributed by atoms with Crippen molar-refractivity contribution >= 4 is 56.3 Å². The molecule has 0 radical (unpaired) electrons. The number of benzene rings is 10. The van der Waals surface area contributed by atoms with Crippen LogP contribution in [0.1, 0.15) is 34.0 Å². The first-order chi connectivity index (χ1) is 35.1. The lowest BCUT2D eigenvalue weighted by Crippen LogP contribution is -2.29. The second-order valence-electron chi connectivity index (χ2n) is 18.0. The number of oxazole rings is 2. The lowest BCUT2D eigenvalue weighted by atomic mass is 9.67. The van der Waals surface area contributed by atoms with Crippen molar-refractivity contribution in [3.8, 4) is 33.4 Å². The van der Waals surface area contributed by atoms with Gasteiger partial charge in [-0.15, -0.1) is 0 Å². The van der Waals surface area contributed by atoms with Crippen molar-refractivity contribution in [2.24, 2.45) is 0 Å². The van der Waals surface area contributed by atoms with Crippen LogP contribution >= 0.6 is 0 Å². The second-order valence-corrected chi connectivity index (χ2v) is 18.0. The highest BCUT2D eigenvalue weighted by Crippen LogP contribution is 2.63. The molecule has 2 heterocycles. The van der Waals surface area contributed by atoms with Gasteiger partial charge < -0.3 is 18.6 Å². The number of aryl methyl sites for hydroxylation is 2. The summed E-state index contributed by atoms with van der Waals surface area (Å²) in [6.07, 6.45) is 0. The highest BCUT2D eigenvalue weighted by Gasteiger charge is 2.51. The molecule has 0 amide bonds. The molecule has 13 rings (SSSR count). The van der Waals surface area contributed by atoms with Crippen molar-refractivity contribution in [3.63, 3.8) is 0 Å². The van der Waals surface area contributed by atoms with Crippen molar-refractivity contribution in [2.45, 2.75) is 19.3 Å². The molecule has 2 aromatic heterocycles. The maximum atomic E-state index is 7.04. The van der Waals surface area contributed by atoms with E-state index < -0.39 is 5.41 Å². The van der Waals surface area contributed by atoms with Gasteiger partial charge in [0.1, 0.15) is 11.0 Å². The number of nitrogens with zero attached hydrogens (tertiary/aromatic N) is 4. The maximum Gasteiger partial charge on any atom is 0.192 e. The Bertz CT molecular complexity index is 3630. The Labute approximate surface area is 412 Å². The molecule has 0 bridgehead atoms. The Morgan fingerprint density at radius 1 is 0.352 bits per heavy atom. The minimum Gasteiger partial charge on any atom is -0.440 e. The lowest BCUT2D eigenvalue weighted by molar-refractivity contribution is 0.558. The Balaban J connectivity index is 1.19. The number of fused-ring (bicyclic) bond motifs is 7. The van der Waals surface area contributed by atoms with Gasteiger partial charge in [0.15, 0.2) is 22.9 Å². The molecule has 1 aliphatic rings. The van der Waals surface area contributed by atoms with E-state index in [1.807, 2.05) is 13.8 Å². The maximum absolute atomic E-state index is 7.04. The number of hydrogen-bond donors (Lipinski definition) is 0. The third kappa shape index (κ3) is 6.71. The van der Waals surface area contributed by atoms with Gasteiger partial charge in [-0.1, -0.05) is 194 Å². The third-order valence-corrected chi connectivity index (χ3v) is 14.0. The minimum absolute atomic E-state index is 0.562. The van der Waals surface area contributed by atoms with E-state index in [9.17, 15) is 0 Å². The van der Waals surface area contributed by atoms with Crippen LogP contribution in [0.4, 0.5) is 34.1 Å². The monoisotopic (exact) mass is 914 g/mol. The highest BCUT2D eigenvalue weighted by molar-refractivity contribution is 6.15. The molecule has 0 atom stereocenters. The van der Waals surface area contributed by atoms with Gasteiger partial charge in [0.05, 0.1) is 28.2 Å². The molecule has 338 valence electrons. The van der Waals surface area contributed by atoms with Gasteiger partial charge in [0.2, 0.25) is 0 Å². The topological polar surface area (TPSA) is 58.5 Å². The molecule has 1 aliphatic carbocycles. The summed E-state index contributed by atoms with van der Waals surface area (Å²) in [5, 5.41) is 0. The average molecular weight is 915 g/mol. The molecular weight excluding hydrogens is 869 g/mol. The summed E-state index contributed by atoms with van der Waals surface area (Å²) >= 11 is 0. The van der Waals surface area contributed by atoms with Crippen molar-refractivity contribution in [2.75, 3.05) is 9.80 Å². The summed E-state index contributed by atoms with van der Waals surface area (Å²) in [5.41, 5.74) is 18.3. The fourth-order valence-corrected chi connectivity index (χ4v) is 11.1. The number of aromatic nitrogens is 2. The van der Waals surface area contributed by atoms with Gasteiger partial charge >= 0.3 is 0 Å². The van der Waals surface area contributed by atoms with E-state index in [0.717, 1.165) is 101 Å². The van der Waals surface area contributed by atoms with Crippen LogP contribution in [0.2, 0.25) is 0 Å². The van der Waals surface area contributed by atoms with Crippen molar-refractivity contribution in [3.05, 3.63) is 277 Å². The van der Waals surface area contributed by atoms with Gasteiger partial charge in [-0.05, 0) is 81.9 Å². The van der Waals surface area contributed by atoms with E-state index in [-0.39, 0.29) is 0 Å². The molecule has 6 nitrogen and oxygen atoms in total. The first kappa shape index (κ1) is 41.9. The quantitative estimate of drug-likeness (QED) is 0.136. The Hall–Kier alpha value is -9.26. The van der Waals surface area contributed by atoms with Gasteiger partial charge in [-0.3, -0.25) is 0 Å². The zero-order valence-corrected chi connectivity index (χ0v) is 39.2. The average Bonchev–Trinajstić information content (AvgIpc) is 4.12. The first-order valence-electron chi connectivity index (χ1n) is 24.1. The van der Waals surface area contributed by atoms with E-state index in [0.29, 0.717) is 22.9 Å². The Morgan fingerprint density at radius 3 is 1.06 bits per heavy atom. The van der Waals surface area contributed by atoms with Crippen molar-refractivity contribution in [1.29, 1.82) is 0 Å². The molecular formula is C65H46N4O2. The van der Waals surface area contributed by atoms with Crippen molar-refractivity contribution in [1.82, 2.24) is 9.97 Å². The van der Waals surface area contributed by atoms with Crippen LogP contribution in [0.3, 0.4) is 0 Å². The van der Waals surface area contributed by atoms with E-state index in [2.05, 4.69) is 252 Å². The lowest BCUT2D eigenvalue weighted by Gasteiger charge is -2.36. The summed E-state index contributed by atoms with van der Waals surface area (Å²) in [6.45, 7) is 3.88. The predicted molar refractivity (Wildman–Crippen MR) is 289 cm³/mol. The second kappa shape index (κ2) is 17.1. The number of para-hydroxylation sites is 4. The van der Waals surface area contributed by atoms with Crippen LogP contribution in [0.15, 0.2) is 251 Å². The number of hydrogen-bond acceptors (Lipinski definition) is 6. The first-order valence-corrected chi connectivity index (χ1v) is 24.1. The summed E-state index contributed by atoms with van der Waals surface area (Å²) in [5.74, 6) is 1.12. The van der Waals surface area contributed by atoms with E-state index in [1.54, 1.807) is 0 Å². The van der Waals surface area contributed by atoms with E-state index in [4.69, 9.17) is 18.8 Å². The fourth-order valence-electron chi connectivity index (χ4n) is 11.1. The van der Waals surface area contributed by atoms with E-state index >= 15 is 0 Å². The summed E-state index contributed by atoms with van der Waals surface area (Å²) in [7, 11) is 0. The SMILES string of the molecule is Cc1nc2c(N(c3ccccc3)c3ccccc3-c3ccccc3)cc3c(c2o1)-c1c(cc(N(c2ccccc2)c2ccccc2-c2ccccc2)c2nc(C)oc12)C3(c1ccccc1)c1ccccc1. The van der Waals surface area contributed by atoms with Gasteiger partial charge in [-0.2, -0.15) is 0 Å². The van der Waals surface area contributed by atoms with Crippen LogP contribution in [0.25, 0.3) is 55.6 Å². The molecule has 71 heavy (non-hydrogen) atoms. The van der Waals surface area contributed by atoms with Gasteiger partial charge in [-0.25, -0.2) is 9.97 Å². The standard InChI is InChI=1S/C65H46N4O2/c1-43-66-61-57(68(49-33-17-7-18-34-49)55-39-23-21-37-51(55)45-25-9-3-10-26-45)41-53-59(63(61)70-43)60-54(65(53,47-29-13-5-14-30-47)48-31-15-6-16-32-48)42-58(62-64(60)71-44(2)67-62)69(50-35-19-8-20-36-50)56-40-24-22-38-52(56)46-27-11-4-12-28-46/h3-42H,1-2H3. The third-order valence-electron chi connectivity index (χ3n) is 14.0. The zero-order valence-electron chi connectivity index (χ0n) is 39.2. The largest absolute Gasteiger partial charge is 0.440 e. The minimum atomic E-state index is -0.914. The van der Waals surface area contributed by atoms with Crippen LogP contribution in [0.5, 0.6) is 0 Å². The molecule has 6 heteroatoms. The summed E-state index contributed by atoms with van der Waals surface area (Å²) in [6, 6.07) is 86.2. The molecule has 0 spiro atoms. The van der Waals surface area contributed by atoms with Gasteiger partial charge in [0.25, 0.3) is 0 Å². The molecule has 0 unspecified atom stereocenters. The zero-order chi connectivity index (χ0) is 47.5. The summed E-state index contributed by atoms with van der Waals surface area (Å²) < 4.78 is 14.1. The number of anilines is 6. The Morgan fingerprint density at radius 2 is 0.676 bits per heavy atom. The highest BCUT2D eigenvalue weighted by atomic mass is 16.4. The van der Waals surface area contributed by atoms with Crippen LogP contribution in [0, 0.1) is 13.8 Å². The van der Waals surface area contributed by atoms with Gasteiger partial charge in [0, 0.05) is 47.5 Å².